The molecule has 0 aromatic heterocycles. The highest BCUT2D eigenvalue weighted by Gasteiger charge is 2.25. The molecule has 5 nitrogen and oxygen atoms in total. The molecule has 2 aromatic carbocycles. The Kier molecular flexibility index (Phi) is 5.46. The number of anilines is 1. The molecule has 0 bridgehead atoms. The number of amides is 2. The Balaban J connectivity index is 1.67. The van der Waals surface area contributed by atoms with Crippen molar-refractivity contribution in [1.82, 2.24) is 5.32 Å². The van der Waals surface area contributed by atoms with Gasteiger partial charge in [0, 0.05) is 18.0 Å². The van der Waals surface area contributed by atoms with Gasteiger partial charge in [-0.1, -0.05) is 36.8 Å². The Morgan fingerprint density at radius 3 is 2.40 bits per heavy atom. The maximum Gasteiger partial charge on any atom is 0.255 e. The van der Waals surface area contributed by atoms with Crippen LogP contribution >= 0.6 is 0 Å². The van der Waals surface area contributed by atoms with E-state index in [2.05, 4.69) is 10.6 Å². The predicted octanol–water partition coefficient (Wildman–Crippen LogP) is 2.83. The van der Waals surface area contributed by atoms with Crippen molar-refractivity contribution < 1.29 is 14.7 Å². The summed E-state index contributed by atoms with van der Waals surface area (Å²) in [5.74, 6) is -0.398. The molecular formula is C20H22N2O3. The summed E-state index contributed by atoms with van der Waals surface area (Å²) in [5.41, 5.74) is 1.42. The number of aliphatic hydroxyl groups excluding tert-OH is 1. The third-order valence-electron chi connectivity index (χ3n) is 4.60. The Morgan fingerprint density at radius 2 is 1.68 bits per heavy atom. The maximum atomic E-state index is 12.5. The smallest absolute Gasteiger partial charge is 0.255 e. The third kappa shape index (κ3) is 4.25. The molecule has 130 valence electrons. The lowest BCUT2D eigenvalue weighted by atomic mass is 10.1. The van der Waals surface area contributed by atoms with Crippen molar-refractivity contribution in [2.24, 2.45) is 5.92 Å². The molecule has 5 heteroatoms. The lowest BCUT2D eigenvalue weighted by Gasteiger charge is -2.16. The minimum Gasteiger partial charge on any atom is -0.393 e. The van der Waals surface area contributed by atoms with E-state index in [1.807, 2.05) is 6.07 Å². The maximum absolute atomic E-state index is 12.5. The van der Waals surface area contributed by atoms with Gasteiger partial charge in [-0.3, -0.25) is 9.59 Å². The van der Waals surface area contributed by atoms with E-state index in [1.165, 1.54) is 0 Å². The standard InChI is InChI=1S/C20H22N2O3/c23-18-12-6-9-15(18)13-21-20(25)16-10-4-5-11-17(16)22-19(24)14-7-2-1-3-8-14/h1-5,7-8,10-11,15,18,23H,6,9,12-13H2,(H,21,25)(H,22,24). The number of para-hydroxylation sites is 1. The zero-order valence-electron chi connectivity index (χ0n) is 13.9. The van der Waals surface area contributed by atoms with Crippen LogP contribution in [0.3, 0.4) is 0 Å². The van der Waals surface area contributed by atoms with Gasteiger partial charge in [-0.05, 0) is 37.1 Å². The van der Waals surface area contributed by atoms with Crippen LogP contribution in [0.4, 0.5) is 5.69 Å². The van der Waals surface area contributed by atoms with Crippen molar-refractivity contribution in [3.05, 3.63) is 65.7 Å². The van der Waals surface area contributed by atoms with Gasteiger partial charge in [0.15, 0.2) is 0 Å². The number of benzene rings is 2. The summed E-state index contributed by atoms with van der Waals surface area (Å²) < 4.78 is 0. The molecule has 3 N–H and O–H groups in total. The van der Waals surface area contributed by atoms with Crippen LogP contribution in [0.25, 0.3) is 0 Å². The fourth-order valence-electron chi connectivity index (χ4n) is 3.15. The lowest BCUT2D eigenvalue weighted by molar-refractivity contribution is 0.0917. The van der Waals surface area contributed by atoms with Crippen LogP contribution in [0.1, 0.15) is 40.0 Å². The summed E-state index contributed by atoms with van der Waals surface area (Å²) in [5, 5.41) is 15.5. The van der Waals surface area contributed by atoms with E-state index in [1.54, 1.807) is 48.5 Å². The molecule has 1 saturated carbocycles. The summed E-state index contributed by atoms with van der Waals surface area (Å²) in [6, 6.07) is 15.8. The van der Waals surface area contributed by atoms with Crippen LogP contribution in [0.15, 0.2) is 54.6 Å². The number of rotatable bonds is 5. The van der Waals surface area contributed by atoms with Crippen LogP contribution in [-0.4, -0.2) is 29.6 Å². The first-order chi connectivity index (χ1) is 12.1. The van der Waals surface area contributed by atoms with Crippen molar-refractivity contribution in [3.63, 3.8) is 0 Å². The zero-order valence-corrected chi connectivity index (χ0v) is 13.9. The van der Waals surface area contributed by atoms with Crippen LogP contribution in [0.2, 0.25) is 0 Å². The first-order valence-electron chi connectivity index (χ1n) is 8.57. The van der Waals surface area contributed by atoms with Crippen LogP contribution in [-0.2, 0) is 0 Å². The first-order valence-corrected chi connectivity index (χ1v) is 8.57. The predicted molar refractivity (Wildman–Crippen MR) is 96.5 cm³/mol. The van der Waals surface area contributed by atoms with Gasteiger partial charge in [0.05, 0.1) is 17.4 Å². The van der Waals surface area contributed by atoms with Crippen LogP contribution in [0, 0.1) is 5.92 Å². The number of aliphatic hydroxyl groups is 1. The van der Waals surface area contributed by atoms with Gasteiger partial charge in [-0.25, -0.2) is 0 Å². The molecule has 3 rings (SSSR count). The molecule has 2 amide bonds. The van der Waals surface area contributed by atoms with Crippen molar-refractivity contribution in [2.75, 3.05) is 11.9 Å². The van der Waals surface area contributed by atoms with E-state index >= 15 is 0 Å². The fourth-order valence-corrected chi connectivity index (χ4v) is 3.15. The van der Waals surface area contributed by atoms with E-state index in [4.69, 9.17) is 0 Å². The molecule has 2 atom stereocenters. The average molecular weight is 338 g/mol. The van der Waals surface area contributed by atoms with Gasteiger partial charge in [0.25, 0.3) is 11.8 Å². The molecule has 2 aromatic rings. The van der Waals surface area contributed by atoms with E-state index in [0.717, 1.165) is 19.3 Å². The number of nitrogens with one attached hydrogen (secondary N) is 2. The van der Waals surface area contributed by atoms with Gasteiger partial charge < -0.3 is 15.7 Å². The Hall–Kier alpha value is -2.66. The van der Waals surface area contributed by atoms with Gasteiger partial charge in [-0.15, -0.1) is 0 Å². The molecule has 1 aliphatic carbocycles. The number of hydrogen-bond donors (Lipinski definition) is 3. The second kappa shape index (κ2) is 7.94. The Morgan fingerprint density at radius 1 is 0.960 bits per heavy atom. The molecular weight excluding hydrogens is 316 g/mol. The fraction of sp³-hybridized carbons (Fsp3) is 0.300. The highest BCUT2D eigenvalue weighted by atomic mass is 16.3. The molecule has 0 saturated heterocycles. The van der Waals surface area contributed by atoms with Gasteiger partial charge in [0.2, 0.25) is 0 Å². The minimum absolute atomic E-state index is 0.107. The molecule has 2 unspecified atom stereocenters. The monoisotopic (exact) mass is 338 g/mol. The minimum atomic E-state index is -0.340. The second-order valence-corrected chi connectivity index (χ2v) is 6.33. The zero-order chi connectivity index (χ0) is 17.6. The molecule has 0 radical (unpaired) electrons. The molecule has 1 fully saturated rings. The molecule has 0 spiro atoms. The van der Waals surface area contributed by atoms with Crippen LogP contribution < -0.4 is 10.6 Å². The molecule has 0 heterocycles. The van der Waals surface area contributed by atoms with E-state index in [-0.39, 0.29) is 23.8 Å². The van der Waals surface area contributed by atoms with E-state index in [0.29, 0.717) is 23.4 Å². The quantitative estimate of drug-likeness (QED) is 0.784. The number of hydrogen-bond acceptors (Lipinski definition) is 3. The van der Waals surface area contributed by atoms with Crippen LogP contribution in [0.5, 0.6) is 0 Å². The lowest BCUT2D eigenvalue weighted by Crippen LogP contribution is -2.33. The number of carbonyl (C=O) groups is 2. The van der Waals surface area contributed by atoms with E-state index < -0.39 is 0 Å². The molecule has 1 aliphatic rings. The largest absolute Gasteiger partial charge is 0.393 e. The summed E-state index contributed by atoms with van der Waals surface area (Å²) in [7, 11) is 0. The van der Waals surface area contributed by atoms with Gasteiger partial charge in [0.1, 0.15) is 0 Å². The normalized spacial score (nSPS) is 19.4. The average Bonchev–Trinajstić information content (AvgIpc) is 3.06. The Bertz CT molecular complexity index is 746. The summed E-state index contributed by atoms with van der Waals surface area (Å²) in [6.07, 6.45) is 2.37. The summed E-state index contributed by atoms with van der Waals surface area (Å²) >= 11 is 0. The SMILES string of the molecule is O=C(Nc1ccccc1C(=O)NCC1CCCC1O)c1ccccc1. The highest BCUT2D eigenvalue weighted by Crippen LogP contribution is 2.25. The van der Waals surface area contributed by atoms with Crippen molar-refractivity contribution >= 4 is 17.5 Å². The van der Waals surface area contributed by atoms with Gasteiger partial charge >= 0.3 is 0 Å². The first kappa shape index (κ1) is 17.2. The highest BCUT2D eigenvalue weighted by molar-refractivity contribution is 6.08. The van der Waals surface area contributed by atoms with Crippen molar-refractivity contribution in [1.29, 1.82) is 0 Å². The van der Waals surface area contributed by atoms with Gasteiger partial charge in [-0.2, -0.15) is 0 Å². The van der Waals surface area contributed by atoms with Crippen molar-refractivity contribution in [2.45, 2.75) is 25.4 Å². The van der Waals surface area contributed by atoms with E-state index in [9.17, 15) is 14.7 Å². The summed E-state index contributed by atoms with van der Waals surface area (Å²) in [4.78, 5) is 24.8. The third-order valence-corrected chi connectivity index (χ3v) is 4.60. The van der Waals surface area contributed by atoms with Crippen molar-refractivity contribution in [3.8, 4) is 0 Å². The molecule has 25 heavy (non-hydrogen) atoms. The number of carbonyl (C=O) groups excluding carboxylic acids is 2. The molecule has 0 aliphatic heterocycles. The Labute approximate surface area is 147 Å². The topological polar surface area (TPSA) is 78.4 Å². The summed E-state index contributed by atoms with van der Waals surface area (Å²) in [6.45, 7) is 0.445. The second-order valence-electron chi connectivity index (χ2n) is 6.33.